The molecule has 0 aromatic heterocycles. The summed E-state index contributed by atoms with van der Waals surface area (Å²) in [6.07, 6.45) is 2.54. The van der Waals surface area contributed by atoms with Gasteiger partial charge in [-0.05, 0) is 36.9 Å². The molecule has 0 radical (unpaired) electrons. The number of para-hydroxylation sites is 1. The maximum Gasteiger partial charge on any atom is 0.227 e. The molecule has 1 aliphatic heterocycles. The zero-order valence-corrected chi connectivity index (χ0v) is 9.62. The van der Waals surface area contributed by atoms with Crippen molar-refractivity contribution in [3.8, 4) is 0 Å². The number of fused-ring (bicyclic) bond motifs is 1. The Kier molecular flexibility index (Phi) is 3.25. The summed E-state index contributed by atoms with van der Waals surface area (Å²) in [6.45, 7) is 2.68. The van der Waals surface area contributed by atoms with E-state index >= 15 is 0 Å². The Morgan fingerprint density at radius 3 is 3.00 bits per heavy atom. The molecular formula is C13H18N2O. The predicted molar refractivity (Wildman–Crippen MR) is 65.3 cm³/mol. The van der Waals surface area contributed by atoms with Gasteiger partial charge < -0.3 is 11.1 Å². The Hall–Kier alpha value is -1.35. The molecule has 0 fully saturated rings. The number of carbonyl (C=O) groups is 1. The molecule has 1 amide bonds. The number of rotatable bonds is 3. The van der Waals surface area contributed by atoms with Crippen LogP contribution in [0.3, 0.4) is 0 Å². The monoisotopic (exact) mass is 218 g/mol. The molecular weight excluding hydrogens is 200 g/mol. The van der Waals surface area contributed by atoms with Gasteiger partial charge in [0.15, 0.2) is 0 Å². The zero-order chi connectivity index (χ0) is 11.5. The van der Waals surface area contributed by atoms with E-state index in [1.807, 2.05) is 0 Å². The second-order valence-corrected chi connectivity index (χ2v) is 4.27. The normalized spacial score (nSPS) is 19.1. The smallest absolute Gasteiger partial charge is 0.227 e. The molecule has 0 saturated carbocycles. The second-order valence-electron chi connectivity index (χ2n) is 4.27. The molecule has 86 valence electrons. The molecule has 1 atom stereocenters. The molecule has 0 bridgehead atoms. The van der Waals surface area contributed by atoms with Gasteiger partial charge in [0.05, 0.1) is 0 Å². The van der Waals surface area contributed by atoms with Crippen molar-refractivity contribution in [3.05, 3.63) is 29.3 Å². The average molecular weight is 218 g/mol. The van der Waals surface area contributed by atoms with E-state index in [1.54, 1.807) is 0 Å². The topological polar surface area (TPSA) is 55.1 Å². The molecule has 1 aliphatic rings. The van der Waals surface area contributed by atoms with Crippen LogP contribution in [0, 0.1) is 5.92 Å². The fraction of sp³-hybridized carbons (Fsp3) is 0.462. The van der Waals surface area contributed by atoms with E-state index in [0.29, 0.717) is 6.54 Å². The number of amides is 1. The Morgan fingerprint density at radius 2 is 2.31 bits per heavy atom. The van der Waals surface area contributed by atoms with Gasteiger partial charge in [-0.2, -0.15) is 0 Å². The first kappa shape index (κ1) is 11.1. The summed E-state index contributed by atoms with van der Waals surface area (Å²) in [6, 6.07) is 6.23. The van der Waals surface area contributed by atoms with E-state index < -0.39 is 0 Å². The number of nitrogens with one attached hydrogen (secondary N) is 1. The fourth-order valence-electron chi connectivity index (χ4n) is 2.30. The average Bonchev–Trinajstić information content (AvgIpc) is 2.30. The van der Waals surface area contributed by atoms with Crippen molar-refractivity contribution in [1.29, 1.82) is 0 Å². The van der Waals surface area contributed by atoms with Gasteiger partial charge in [0.1, 0.15) is 0 Å². The highest BCUT2D eigenvalue weighted by molar-refractivity contribution is 5.96. The summed E-state index contributed by atoms with van der Waals surface area (Å²) in [7, 11) is 0. The first-order valence-corrected chi connectivity index (χ1v) is 5.88. The van der Waals surface area contributed by atoms with E-state index in [-0.39, 0.29) is 11.8 Å². The molecule has 3 heteroatoms. The molecule has 3 N–H and O–H groups in total. The number of hydrogen-bond donors (Lipinski definition) is 2. The molecule has 1 unspecified atom stereocenters. The lowest BCUT2D eigenvalue weighted by atomic mass is 9.89. The molecule has 0 aliphatic carbocycles. The largest absolute Gasteiger partial charge is 0.330 e. The van der Waals surface area contributed by atoms with Crippen molar-refractivity contribution in [2.75, 3.05) is 11.9 Å². The highest BCUT2D eigenvalue weighted by Crippen LogP contribution is 2.30. The molecule has 0 spiro atoms. The van der Waals surface area contributed by atoms with Crippen LogP contribution in [0.15, 0.2) is 18.2 Å². The summed E-state index contributed by atoms with van der Waals surface area (Å²) in [5, 5.41) is 3.02. The van der Waals surface area contributed by atoms with Gasteiger partial charge in [-0.15, -0.1) is 0 Å². The van der Waals surface area contributed by atoms with Gasteiger partial charge in [-0.25, -0.2) is 0 Å². The number of nitrogens with two attached hydrogens (primary N) is 1. The van der Waals surface area contributed by atoms with Crippen LogP contribution in [0.5, 0.6) is 0 Å². The third-order valence-electron chi connectivity index (χ3n) is 3.22. The van der Waals surface area contributed by atoms with Crippen LogP contribution in [0.2, 0.25) is 0 Å². The summed E-state index contributed by atoms with van der Waals surface area (Å²) >= 11 is 0. The lowest BCUT2D eigenvalue weighted by molar-refractivity contribution is -0.120. The Balaban J connectivity index is 2.30. The minimum Gasteiger partial charge on any atom is -0.330 e. The summed E-state index contributed by atoms with van der Waals surface area (Å²) < 4.78 is 0. The highest BCUT2D eigenvalue weighted by atomic mass is 16.1. The summed E-state index contributed by atoms with van der Waals surface area (Å²) in [5.41, 5.74) is 9.02. The van der Waals surface area contributed by atoms with Crippen LogP contribution in [-0.4, -0.2) is 12.5 Å². The highest BCUT2D eigenvalue weighted by Gasteiger charge is 2.26. The minimum absolute atomic E-state index is 0.0459. The molecule has 1 aromatic rings. The van der Waals surface area contributed by atoms with Crippen LogP contribution < -0.4 is 11.1 Å². The maximum atomic E-state index is 11.8. The van der Waals surface area contributed by atoms with Gasteiger partial charge in [0.2, 0.25) is 5.91 Å². The van der Waals surface area contributed by atoms with E-state index in [1.165, 1.54) is 11.1 Å². The number of aryl methyl sites for hydroxylation is 1. The Bertz CT molecular complexity index is 401. The van der Waals surface area contributed by atoms with Crippen LogP contribution in [0.1, 0.15) is 24.5 Å². The standard InChI is InChI=1S/C13H18N2O/c1-2-9-4-3-5-10-8-11(6-7-14)13(16)15-12(9)10/h3-5,11H,2,6-8,14H2,1H3,(H,15,16). The summed E-state index contributed by atoms with van der Waals surface area (Å²) in [5.74, 6) is 0.170. The quantitative estimate of drug-likeness (QED) is 0.811. The van der Waals surface area contributed by atoms with Crippen molar-refractivity contribution >= 4 is 11.6 Å². The predicted octanol–water partition coefficient (Wildman–Crippen LogP) is 1.71. The zero-order valence-electron chi connectivity index (χ0n) is 9.62. The van der Waals surface area contributed by atoms with E-state index in [0.717, 1.165) is 24.9 Å². The molecule has 3 nitrogen and oxygen atoms in total. The maximum absolute atomic E-state index is 11.8. The Labute approximate surface area is 96.0 Å². The number of hydrogen-bond acceptors (Lipinski definition) is 2. The van der Waals surface area contributed by atoms with Gasteiger partial charge in [0.25, 0.3) is 0 Å². The van der Waals surface area contributed by atoms with Crippen LogP contribution in [0.4, 0.5) is 5.69 Å². The molecule has 1 aromatic carbocycles. The van der Waals surface area contributed by atoms with Crippen molar-refractivity contribution in [1.82, 2.24) is 0 Å². The van der Waals surface area contributed by atoms with Crippen LogP contribution in [-0.2, 0) is 17.6 Å². The summed E-state index contributed by atoms with van der Waals surface area (Å²) in [4.78, 5) is 11.8. The lowest BCUT2D eigenvalue weighted by Gasteiger charge is -2.26. The number of anilines is 1. The SMILES string of the molecule is CCc1cccc2c1NC(=O)C(CCN)C2. The van der Waals surface area contributed by atoms with Gasteiger partial charge in [0, 0.05) is 11.6 Å². The fourth-order valence-corrected chi connectivity index (χ4v) is 2.30. The number of carbonyl (C=O) groups excluding carboxylic acids is 1. The van der Waals surface area contributed by atoms with Gasteiger partial charge in [-0.3, -0.25) is 4.79 Å². The van der Waals surface area contributed by atoms with Crippen LogP contribution in [0.25, 0.3) is 0 Å². The lowest BCUT2D eigenvalue weighted by Crippen LogP contribution is -2.32. The van der Waals surface area contributed by atoms with Crippen molar-refractivity contribution in [2.24, 2.45) is 11.7 Å². The van der Waals surface area contributed by atoms with Gasteiger partial charge in [-0.1, -0.05) is 25.1 Å². The van der Waals surface area contributed by atoms with E-state index in [2.05, 4.69) is 30.4 Å². The van der Waals surface area contributed by atoms with Gasteiger partial charge >= 0.3 is 0 Å². The van der Waals surface area contributed by atoms with Crippen molar-refractivity contribution in [2.45, 2.75) is 26.2 Å². The van der Waals surface area contributed by atoms with Crippen LogP contribution >= 0.6 is 0 Å². The third-order valence-corrected chi connectivity index (χ3v) is 3.22. The van der Waals surface area contributed by atoms with E-state index in [4.69, 9.17) is 5.73 Å². The molecule has 0 saturated heterocycles. The number of benzene rings is 1. The second kappa shape index (κ2) is 4.66. The first-order valence-electron chi connectivity index (χ1n) is 5.88. The van der Waals surface area contributed by atoms with Crippen molar-refractivity contribution in [3.63, 3.8) is 0 Å². The molecule has 16 heavy (non-hydrogen) atoms. The van der Waals surface area contributed by atoms with E-state index in [9.17, 15) is 4.79 Å². The molecule has 1 heterocycles. The first-order chi connectivity index (χ1) is 7.76. The van der Waals surface area contributed by atoms with Crippen molar-refractivity contribution < 1.29 is 4.79 Å². The minimum atomic E-state index is 0.0459. The Morgan fingerprint density at radius 1 is 1.50 bits per heavy atom. The third kappa shape index (κ3) is 1.95. The molecule has 2 rings (SSSR count).